The molecule has 0 fully saturated rings. The fourth-order valence-electron chi connectivity index (χ4n) is 1.94. The van der Waals surface area contributed by atoms with Gasteiger partial charge in [-0.1, -0.05) is 13.3 Å². The van der Waals surface area contributed by atoms with Crippen LogP contribution in [0, 0.1) is 0 Å². The smallest absolute Gasteiger partial charge is 0.251 e. The second-order valence-electron chi connectivity index (χ2n) is 4.68. The zero-order chi connectivity index (χ0) is 15.7. The van der Waals surface area contributed by atoms with E-state index in [4.69, 9.17) is 9.47 Å². The molecule has 0 aliphatic heterocycles. The van der Waals surface area contributed by atoms with Gasteiger partial charge in [0, 0.05) is 12.1 Å². The van der Waals surface area contributed by atoms with Crippen molar-refractivity contribution in [2.24, 2.45) is 0 Å². The summed E-state index contributed by atoms with van der Waals surface area (Å²) in [5.74, 6) is 0.956. The maximum absolute atomic E-state index is 12.1. The summed E-state index contributed by atoms with van der Waals surface area (Å²) in [6.45, 7) is 7.06. The Hall–Kier alpha value is -1.75. The SMILES string of the molecule is CCCC(O)CNC(=O)c1ccc(OCC)c(OCC)c1. The summed E-state index contributed by atoms with van der Waals surface area (Å²) in [6.07, 6.45) is 1.05. The van der Waals surface area contributed by atoms with Crippen LogP contribution in [-0.2, 0) is 0 Å². The van der Waals surface area contributed by atoms with Crippen molar-refractivity contribution >= 4 is 5.91 Å². The van der Waals surface area contributed by atoms with Crippen LogP contribution >= 0.6 is 0 Å². The van der Waals surface area contributed by atoms with Gasteiger partial charge >= 0.3 is 0 Å². The summed E-state index contributed by atoms with van der Waals surface area (Å²) in [5.41, 5.74) is 0.491. The molecule has 0 radical (unpaired) electrons. The van der Waals surface area contributed by atoms with Crippen molar-refractivity contribution in [2.45, 2.75) is 39.7 Å². The number of aliphatic hydroxyl groups is 1. The minimum absolute atomic E-state index is 0.228. The second-order valence-corrected chi connectivity index (χ2v) is 4.68. The molecule has 5 heteroatoms. The third-order valence-corrected chi connectivity index (χ3v) is 2.93. The van der Waals surface area contributed by atoms with E-state index >= 15 is 0 Å². The second kappa shape index (κ2) is 9.23. The molecule has 0 bridgehead atoms. The van der Waals surface area contributed by atoms with E-state index in [0.29, 0.717) is 36.7 Å². The Bertz CT molecular complexity index is 448. The summed E-state index contributed by atoms with van der Waals surface area (Å²) in [7, 11) is 0. The molecule has 0 aliphatic carbocycles. The molecule has 0 heterocycles. The summed E-state index contributed by atoms with van der Waals surface area (Å²) in [5, 5.41) is 12.4. The highest BCUT2D eigenvalue weighted by Gasteiger charge is 2.12. The summed E-state index contributed by atoms with van der Waals surface area (Å²) in [6, 6.07) is 5.08. The number of rotatable bonds is 9. The Balaban J connectivity index is 2.73. The average Bonchev–Trinajstić information content (AvgIpc) is 2.47. The van der Waals surface area contributed by atoms with Crippen molar-refractivity contribution < 1.29 is 19.4 Å². The molecule has 21 heavy (non-hydrogen) atoms. The number of ether oxygens (including phenoxy) is 2. The molecule has 118 valence electrons. The van der Waals surface area contributed by atoms with Crippen LogP contribution < -0.4 is 14.8 Å². The van der Waals surface area contributed by atoms with Gasteiger partial charge in [0.05, 0.1) is 19.3 Å². The van der Waals surface area contributed by atoms with Gasteiger partial charge in [0.25, 0.3) is 5.91 Å². The zero-order valence-corrected chi connectivity index (χ0v) is 13.0. The predicted octanol–water partition coefficient (Wildman–Crippen LogP) is 2.37. The standard InChI is InChI=1S/C16H25NO4/c1-4-7-13(18)11-17-16(19)12-8-9-14(20-5-2)15(10-12)21-6-3/h8-10,13,18H,4-7,11H2,1-3H3,(H,17,19). The number of nitrogens with one attached hydrogen (secondary N) is 1. The largest absolute Gasteiger partial charge is 0.490 e. The summed E-state index contributed by atoms with van der Waals surface area (Å²) >= 11 is 0. The lowest BCUT2D eigenvalue weighted by Crippen LogP contribution is -2.32. The van der Waals surface area contributed by atoms with Gasteiger partial charge in [-0.25, -0.2) is 0 Å². The lowest BCUT2D eigenvalue weighted by Gasteiger charge is -2.13. The first-order valence-corrected chi connectivity index (χ1v) is 7.48. The van der Waals surface area contributed by atoms with Crippen molar-refractivity contribution in [2.75, 3.05) is 19.8 Å². The Labute approximate surface area is 126 Å². The van der Waals surface area contributed by atoms with Crippen LogP contribution in [0.4, 0.5) is 0 Å². The third-order valence-electron chi connectivity index (χ3n) is 2.93. The molecule has 2 N–H and O–H groups in total. The Morgan fingerprint density at radius 2 is 1.86 bits per heavy atom. The number of aliphatic hydroxyl groups excluding tert-OH is 1. The maximum atomic E-state index is 12.1. The lowest BCUT2D eigenvalue weighted by atomic mass is 10.1. The van der Waals surface area contributed by atoms with E-state index in [2.05, 4.69) is 5.32 Å². The molecule has 1 unspecified atom stereocenters. The van der Waals surface area contributed by atoms with E-state index in [9.17, 15) is 9.90 Å². The number of hydrogen-bond acceptors (Lipinski definition) is 4. The number of carbonyl (C=O) groups is 1. The predicted molar refractivity (Wildman–Crippen MR) is 82.0 cm³/mol. The van der Waals surface area contributed by atoms with Crippen molar-refractivity contribution in [1.29, 1.82) is 0 Å². The van der Waals surface area contributed by atoms with E-state index in [1.165, 1.54) is 0 Å². The highest BCUT2D eigenvalue weighted by molar-refractivity contribution is 5.94. The van der Waals surface area contributed by atoms with Crippen LogP contribution in [0.2, 0.25) is 0 Å². The maximum Gasteiger partial charge on any atom is 0.251 e. The van der Waals surface area contributed by atoms with Gasteiger partial charge in [0.2, 0.25) is 0 Å². The van der Waals surface area contributed by atoms with Crippen LogP contribution in [-0.4, -0.2) is 36.9 Å². The molecule has 0 aromatic heterocycles. The van der Waals surface area contributed by atoms with Crippen molar-refractivity contribution in [3.63, 3.8) is 0 Å². The molecule has 1 rings (SSSR count). The number of carbonyl (C=O) groups excluding carboxylic acids is 1. The lowest BCUT2D eigenvalue weighted by molar-refractivity contribution is 0.0909. The van der Waals surface area contributed by atoms with Gasteiger partial charge in [0.1, 0.15) is 0 Å². The first-order valence-electron chi connectivity index (χ1n) is 7.48. The van der Waals surface area contributed by atoms with Crippen LogP contribution in [0.1, 0.15) is 44.0 Å². The van der Waals surface area contributed by atoms with Crippen molar-refractivity contribution in [3.8, 4) is 11.5 Å². The van der Waals surface area contributed by atoms with Gasteiger partial charge in [-0.15, -0.1) is 0 Å². The molecule has 0 saturated heterocycles. The molecule has 1 atom stereocenters. The molecular weight excluding hydrogens is 270 g/mol. The Morgan fingerprint density at radius 3 is 2.48 bits per heavy atom. The highest BCUT2D eigenvalue weighted by Crippen LogP contribution is 2.28. The fourth-order valence-corrected chi connectivity index (χ4v) is 1.94. The third kappa shape index (κ3) is 5.63. The van der Waals surface area contributed by atoms with Gasteiger partial charge in [0.15, 0.2) is 11.5 Å². The number of benzene rings is 1. The Kier molecular flexibility index (Phi) is 7.61. The normalized spacial score (nSPS) is 11.8. The molecule has 1 aromatic carbocycles. The van der Waals surface area contributed by atoms with E-state index in [1.807, 2.05) is 20.8 Å². The van der Waals surface area contributed by atoms with Gasteiger partial charge in [-0.05, 0) is 38.5 Å². The van der Waals surface area contributed by atoms with E-state index in [-0.39, 0.29) is 12.5 Å². The zero-order valence-electron chi connectivity index (χ0n) is 13.0. The minimum Gasteiger partial charge on any atom is -0.490 e. The first kappa shape index (κ1) is 17.3. The monoisotopic (exact) mass is 295 g/mol. The molecule has 0 saturated carbocycles. The summed E-state index contributed by atoms with van der Waals surface area (Å²) < 4.78 is 10.9. The van der Waals surface area contributed by atoms with Crippen LogP contribution in [0.3, 0.4) is 0 Å². The van der Waals surface area contributed by atoms with E-state index < -0.39 is 6.10 Å². The van der Waals surface area contributed by atoms with Crippen LogP contribution in [0.25, 0.3) is 0 Å². The summed E-state index contributed by atoms with van der Waals surface area (Å²) in [4.78, 5) is 12.1. The molecular formula is C16H25NO4. The average molecular weight is 295 g/mol. The van der Waals surface area contributed by atoms with E-state index in [1.54, 1.807) is 18.2 Å². The topological polar surface area (TPSA) is 67.8 Å². The molecule has 1 aromatic rings. The van der Waals surface area contributed by atoms with E-state index in [0.717, 1.165) is 6.42 Å². The van der Waals surface area contributed by atoms with Gasteiger partial charge in [-0.3, -0.25) is 4.79 Å². The number of hydrogen-bond donors (Lipinski definition) is 2. The fraction of sp³-hybridized carbons (Fsp3) is 0.562. The Morgan fingerprint density at radius 1 is 1.19 bits per heavy atom. The number of amides is 1. The molecule has 5 nitrogen and oxygen atoms in total. The minimum atomic E-state index is -0.506. The highest BCUT2D eigenvalue weighted by atomic mass is 16.5. The molecule has 0 aliphatic rings. The van der Waals surface area contributed by atoms with Gasteiger partial charge < -0.3 is 19.9 Å². The van der Waals surface area contributed by atoms with Crippen molar-refractivity contribution in [3.05, 3.63) is 23.8 Å². The molecule has 0 spiro atoms. The quantitative estimate of drug-likeness (QED) is 0.734. The molecule has 1 amide bonds. The van der Waals surface area contributed by atoms with Crippen molar-refractivity contribution in [1.82, 2.24) is 5.32 Å². The van der Waals surface area contributed by atoms with Crippen LogP contribution in [0.15, 0.2) is 18.2 Å². The first-order chi connectivity index (χ1) is 10.1. The van der Waals surface area contributed by atoms with Crippen LogP contribution in [0.5, 0.6) is 11.5 Å². The van der Waals surface area contributed by atoms with Gasteiger partial charge in [-0.2, -0.15) is 0 Å².